The van der Waals surface area contributed by atoms with Crippen LogP contribution < -0.4 is 0 Å². The number of hydrogen-bond acceptors (Lipinski definition) is 1. The molecule has 13 heavy (non-hydrogen) atoms. The topological polar surface area (TPSA) is 23.8 Å². The molecule has 1 nitrogen and oxygen atoms in total. The molecule has 2 aliphatic rings. The van der Waals surface area contributed by atoms with Crippen molar-refractivity contribution in [1.82, 2.24) is 0 Å². The summed E-state index contributed by atoms with van der Waals surface area (Å²) in [5, 5.41) is 8.81. The van der Waals surface area contributed by atoms with Crippen molar-refractivity contribution in [3.8, 4) is 6.07 Å². The molecule has 0 aromatic carbocycles. The molecule has 0 amide bonds. The standard InChI is InChI=1S/C10H13F2N/c11-10(12)2-1-8(6-10)5-9(7-13)3-4-9/h8H,1-6H2. The molecule has 0 saturated heterocycles. The summed E-state index contributed by atoms with van der Waals surface area (Å²) in [5.41, 5.74) is -0.203. The van der Waals surface area contributed by atoms with Gasteiger partial charge in [-0.2, -0.15) is 5.26 Å². The van der Waals surface area contributed by atoms with Crippen LogP contribution in [0.15, 0.2) is 0 Å². The van der Waals surface area contributed by atoms with Gasteiger partial charge in [0, 0.05) is 12.8 Å². The van der Waals surface area contributed by atoms with Gasteiger partial charge in [0.2, 0.25) is 5.92 Å². The Bertz CT molecular complexity index is 250. The summed E-state index contributed by atoms with van der Waals surface area (Å²) in [6.45, 7) is 0. The first-order valence-corrected chi connectivity index (χ1v) is 4.84. The Labute approximate surface area is 76.7 Å². The van der Waals surface area contributed by atoms with E-state index in [2.05, 4.69) is 6.07 Å². The molecule has 2 rings (SSSR count). The Hall–Kier alpha value is -0.650. The third kappa shape index (κ3) is 1.82. The fourth-order valence-electron chi connectivity index (χ4n) is 2.28. The van der Waals surface area contributed by atoms with Gasteiger partial charge in [0.1, 0.15) is 0 Å². The minimum absolute atomic E-state index is 0.0103. The van der Waals surface area contributed by atoms with Crippen molar-refractivity contribution in [2.45, 2.75) is 44.4 Å². The van der Waals surface area contributed by atoms with E-state index in [0.717, 1.165) is 12.8 Å². The first-order chi connectivity index (χ1) is 6.05. The second-order valence-corrected chi connectivity index (χ2v) is 4.56. The summed E-state index contributed by atoms with van der Waals surface area (Å²) in [6, 6.07) is 2.26. The van der Waals surface area contributed by atoms with Crippen LogP contribution in [0.5, 0.6) is 0 Å². The van der Waals surface area contributed by atoms with E-state index < -0.39 is 5.92 Å². The van der Waals surface area contributed by atoms with Crippen molar-refractivity contribution in [1.29, 1.82) is 5.26 Å². The predicted molar refractivity (Wildman–Crippen MR) is 44.2 cm³/mol. The molecule has 0 radical (unpaired) electrons. The van der Waals surface area contributed by atoms with Crippen LogP contribution in [0.3, 0.4) is 0 Å². The monoisotopic (exact) mass is 185 g/mol. The highest BCUT2D eigenvalue weighted by Gasteiger charge is 2.48. The Balaban J connectivity index is 1.88. The van der Waals surface area contributed by atoms with Gasteiger partial charge in [-0.3, -0.25) is 0 Å². The smallest absolute Gasteiger partial charge is 0.207 e. The highest BCUT2D eigenvalue weighted by Crippen LogP contribution is 2.54. The van der Waals surface area contributed by atoms with Gasteiger partial charge in [0.15, 0.2) is 0 Å². The summed E-state index contributed by atoms with van der Waals surface area (Å²) in [6.07, 6.45) is 3.20. The van der Waals surface area contributed by atoms with E-state index in [4.69, 9.17) is 5.26 Å². The van der Waals surface area contributed by atoms with Crippen LogP contribution in [0, 0.1) is 22.7 Å². The molecule has 0 heterocycles. The second kappa shape index (κ2) is 2.67. The van der Waals surface area contributed by atoms with Crippen molar-refractivity contribution in [2.24, 2.45) is 11.3 Å². The fraction of sp³-hybridized carbons (Fsp3) is 0.900. The van der Waals surface area contributed by atoms with E-state index in [1.807, 2.05) is 0 Å². The van der Waals surface area contributed by atoms with Gasteiger partial charge in [-0.15, -0.1) is 0 Å². The molecular formula is C10H13F2N. The van der Waals surface area contributed by atoms with E-state index in [9.17, 15) is 8.78 Å². The third-order valence-corrected chi connectivity index (χ3v) is 3.28. The number of alkyl halides is 2. The molecule has 0 aromatic rings. The van der Waals surface area contributed by atoms with Crippen LogP contribution in [-0.4, -0.2) is 5.92 Å². The lowest BCUT2D eigenvalue weighted by Crippen LogP contribution is -2.11. The molecule has 1 unspecified atom stereocenters. The Morgan fingerprint density at radius 2 is 2.00 bits per heavy atom. The summed E-state index contributed by atoms with van der Waals surface area (Å²) in [4.78, 5) is 0. The average Bonchev–Trinajstić information content (AvgIpc) is 2.74. The highest BCUT2D eigenvalue weighted by atomic mass is 19.3. The molecular weight excluding hydrogens is 172 g/mol. The zero-order valence-corrected chi connectivity index (χ0v) is 7.52. The molecule has 0 aromatic heterocycles. The average molecular weight is 185 g/mol. The van der Waals surface area contributed by atoms with E-state index in [1.165, 1.54) is 0 Å². The predicted octanol–water partition coefficient (Wildman–Crippen LogP) is 3.12. The zero-order chi connectivity index (χ0) is 9.53. The van der Waals surface area contributed by atoms with Gasteiger partial charge >= 0.3 is 0 Å². The maximum absolute atomic E-state index is 12.8. The quantitative estimate of drug-likeness (QED) is 0.648. The van der Waals surface area contributed by atoms with Gasteiger partial charge in [-0.25, -0.2) is 8.78 Å². The van der Waals surface area contributed by atoms with Crippen molar-refractivity contribution >= 4 is 0 Å². The molecule has 0 spiro atoms. The van der Waals surface area contributed by atoms with Crippen LogP contribution in [-0.2, 0) is 0 Å². The molecule has 0 bridgehead atoms. The minimum Gasteiger partial charge on any atom is -0.207 e. The fourth-order valence-corrected chi connectivity index (χ4v) is 2.28. The molecule has 72 valence electrons. The maximum atomic E-state index is 12.8. The summed E-state index contributed by atoms with van der Waals surface area (Å²) in [7, 11) is 0. The summed E-state index contributed by atoms with van der Waals surface area (Å²) >= 11 is 0. The number of nitrogens with zero attached hydrogens (tertiary/aromatic N) is 1. The van der Waals surface area contributed by atoms with Crippen LogP contribution >= 0.6 is 0 Å². The largest absolute Gasteiger partial charge is 0.248 e. The van der Waals surface area contributed by atoms with Crippen molar-refractivity contribution in [3.63, 3.8) is 0 Å². The molecule has 2 saturated carbocycles. The van der Waals surface area contributed by atoms with E-state index >= 15 is 0 Å². The van der Waals surface area contributed by atoms with Crippen LogP contribution in [0.1, 0.15) is 38.5 Å². The van der Waals surface area contributed by atoms with Crippen molar-refractivity contribution in [3.05, 3.63) is 0 Å². The Morgan fingerprint density at radius 3 is 2.38 bits per heavy atom. The van der Waals surface area contributed by atoms with Crippen molar-refractivity contribution in [2.75, 3.05) is 0 Å². The molecule has 2 fully saturated rings. The number of halogens is 2. The number of nitriles is 1. The van der Waals surface area contributed by atoms with Gasteiger partial charge in [0.25, 0.3) is 0 Å². The minimum atomic E-state index is -2.45. The Kier molecular flexibility index (Phi) is 1.83. The number of rotatable bonds is 2. The van der Waals surface area contributed by atoms with E-state index in [1.54, 1.807) is 0 Å². The van der Waals surface area contributed by atoms with Crippen molar-refractivity contribution < 1.29 is 8.78 Å². The third-order valence-electron chi connectivity index (χ3n) is 3.28. The molecule has 0 aliphatic heterocycles. The highest BCUT2D eigenvalue weighted by molar-refractivity contribution is 5.10. The lowest BCUT2D eigenvalue weighted by Gasteiger charge is -2.12. The first-order valence-electron chi connectivity index (χ1n) is 4.84. The maximum Gasteiger partial charge on any atom is 0.248 e. The lowest BCUT2D eigenvalue weighted by molar-refractivity contribution is 0.00419. The number of hydrogen-bond donors (Lipinski definition) is 0. The Morgan fingerprint density at radius 1 is 1.31 bits per heavy atom. The SMILES string of the molecule is N#CC1(CC2CCC(F)(F)C2)CC1. The normalized spacial score (nSPS) is 34.1. The van der Waals surface area contributed by atoms with Crippen LogP contribution in [0.4, 0.5) is 8.78 Å². The molecule has 3 heteroatoms. The van der Waals surface area contributed by atoms with Crippen LogP contribution in [0.25, 0.3) is 0 Å². The van der Waals surface area contributed by atoms with Gasteiger partial charge < -0.3 is 0 Å². The summed E-state index contributed by atoms with van der Waals surface area (Å²) < 4.78 is 25.6. The lowest BCUT2D eigenvalue weighted by atomic mass is 9.92. The zero-order valence-electron chi connectivity index (χ0n) is 7.52. The summed E-state index contributed by atoms with van der Waals surface area (Å²) in [5.74, 6) is -2.35. The molecule has 1 atom stereocenters. The molecule has 2 aliphatic carbocycles. The van der Waals surface area contributed by atoms with E-state index in [-0.39, 0.29) is 24.2 Å². The van der Waals surface area contributed by atoms with E-state index in [0.29, 0.717) is 12.8 Å². The second-order valence-electron chi connectivity index (χ2n) is 4.56. The van der Waals surface area contributed by atoms with Gasteiger partial charge in [-0.1, -0.05) is 0 Å². The van der Waals surface area contributed by atoms with Gasteiger partial charge in [0.05, 0.1) is 11.5 Å². The van der Waals surface area contributed by atoms with Crippen LogP contribution in [0.2, 0.25) is 0 Å². The first kappa shape index (κ1) is 8.93. The molecule has 0 N–H and O–H groups in total. The van der Waals surface area contributed by atoms with Gasteiger partial charge in [-0.05, 0) is 31.6 Å².